The fourth-order valence-corrected chi connectivity index (χ4v) is 3.08. The standard InChI is InChI=1S/C17H19F3N2O2/c18-17(19,20)16(23)22-9-5-12-1-2-15(11-13(12)6-10-22)24-14-3-7-21-8-4-14/h1-2,7,11,14H,3-6,8-10H2. The molecule has 1 unspecified atom stereocenters. The van der Waals surface area contributed by atoms with Gasteiger partial charge in [-0.1, -0.05) is 6.07 Å². The lowest BCUT2D eigenvalue weighted by Crippen LogP contribution is -2.42. The van der Waals surface area contributed by atoms with Gasteiger partial charge in [-0.3, -0.25) is 9.79 Å². The molecule has 0 radical (unpaired) electrons. The average Bonchev–Trinajstić information content (AvgIpc) is 2.76. The number of nitrogens with zero attached hydrogens (tertiary/aromatic N) is 2. The number of carbonyl (C=O) groups excluding carboxylic acids is 1. The molecule has 2 heterocycles. The number of ether oxygens (including phenoxy) is 1. The largest absolute Gasteiger partial charge is 0.490 e. The van der Waals surface area contributed by atoms with Crippen molar-refractivity contribution in [3.63, 3.8) is 0 Å². The molecule has 0 saturated carbocycles. The molecule has 0 saturated heterocycles. The molecular formula is C17H19F3N2O2. The van der Waals surface area contributed by atoms with Crippen LogP contribution < -0.4 is 4.74 Å². The summed E-state index contributed by atoms with van der Waals surface area (Å²) < 4.78 is 43.7. The fraction of sp³-hybridized carbons (Fsp3) is 0.529. The van der Waals surface area contributed by atoms with Crippen molar-refractivity contribution in [2.45, 2.75) is 38.0 Å². The number of carbonyl (C=O) groups is 1. The van der Waals surface area contributed by atoms with E-state index in [9.17, 15) is 18.0 Å². The number of alkyl halides is 3. The van der Waals surface area contributed by atoms with E-state index in [1.807, 2.05) is 24.4 Å². The highest BCUT2D eigenvalue weighted by Crippen LogP contribution is 2.26. The number of hydrogen-bond acceptors (Lipinski definition) is 3. The predicted molar refractivity (Wildman–Crippen MR) is 83.5 cm³/mol. The minimum Gasteiger partial charge on any atom is -0.490 e. The third-order valence-corrected chi connectivity index (χ3v) is 4.39. The van der Waals surface area contributed by atoms with Gasteiger partial charge in [0, 0.05) is 38.7 Å². The van der Waals surface area contributed by atoms with Crippen molar-refractivity contribution in [3.8, 4) is 5.75 Å². The van der Waals surface area contributed by atoms with Crippen LogP contribution in [0.2, 0.25) is 0 Å². The second-order valence-electron chi connectivity index (χ2n) is 6.07. The Morgan fingerprint density at radius 1 is 1.21 bits per heavy atom. The maximum atomic E-state index is 12.6. The molecule has 1 aromatic rings. The minimum absolute atomic E-state index is 0.0743. The number of aliphatic imine (C=N–C) groups is 1. The zero-order valence-corrected chi connectivity index (χ0v) is 13.2. The van der Waals surface area contributed by atoms with Crippen molar-refractivity contribution in [2.24, 2.45) is 4.99 Å². The van der Waals surface area contributed by atoms with Crippen LogP contribution in [0.3, 0.4) is 0 Å². The molecule has 4 nitrogen and oxygen atoms in total. The molecule has 0 bridgehead atoms. The highest BCUT2D eigenvalue weighted by atomic mass is 19.4. The summed E-state index contributed by atoms with van der Waals surface area (Å²) in [5, 5.41) is 0. The highest BCUT2D eigenvalue weighted by Gasteiger charge is 2.42. The summed E-state index contributed by atoms with van der Waals surface area (Å²) >= 11 is 0. The van der Waals surface area contributed by atoms with Gasteiger partial charge < -0.3 is 9.64 Å². The first-order chi connectivity index (χ1) is 11.4. The van der Waals surface area contributed by atoms with Crippen LogP contribution in [0.1, 0.15) is 24.0 Å². The van der Waals surface area contributed by atoms with Gasteiger partial charge in [0.05, 0.1) is 0 Å². The van der Waals surface area contributed by atoms with Gasteiger partial charge in [-0.05, 0) is 36.1 Å². The Kier molecular flexibility index (Phi) is 4.78. The minimum atomic E-state index is -4.81. The van der Waals surface area contributed by atoms with E-state index in [0.29, 0.717) is 12.8 Å². The van der Waals surface area contributed by atoms with Crippen molar-refractivity contribution in [2.75, 3.05) is 19.6 Å². The van der Waals surface area contributed by atoms with Crippen molar-refractivity contribution in [1.82, 2.24) is 4.90 Å². The zero-order chi connectivity index (χ0) is 17.2. The summed E-state index contributed by atoms with van der Waals surface area (Å²) in [6.45, 7) is 0.916. The van der Waals surface area contributed by atoms with Crippen molar-refractivity contribution < 1.29 is 22.7 Å². The Morgan fingerprint density at radius 3 is 2.62 bits per heavy atom. The number of halogens is 3. The topological polar surface area (TPSA) is 41.9 Å². The smallest absolute Gasteiger partial charge is 0.471 e. The maximum Gasteiger partial charge on any atom is 0.471 e. The molecule has 7 heteroatoms. The average molecular weight is 340 g/mol. The summed E-state index contributed by atoms with van der Waals surface area (Å²) in [7, 11) is 0. The molecule has 0 N–H and O–H groups in total. The number of rotatable bonds is 2. The van der Waals surface area contributed by atoms with Gasteiger partial charge in [0.25, 0.3) is 0 Å². The van der Waals surface area contributed by atoms with Crippen molar-refractivity contribution in [1.29, 1.82) is 0 Å². The molecule has 0 fully saturated rings. The van der Waals surface area contributed by atoms with Gasteiger partial charge in [0.15, 0.2) is 0 Å². The van der Waals surface area contributed by atoms with E-state index in [-0.39, 0.29) is 19.2 Å². The predicted octanol–water partition coefficient (Wildman–Crippen LogP) is 2.79. The van der Waals surface area contributed by atoms with Gasteiger partial charge in [0.2, 0.25) is 0 Å². The highest BCUT2D eigenvalue weighted by molar-refractivity contribution is 5.82. The third-order valence-electron chi connectivity index (χ3n) is 4.39. The van der Waals surface area contributed by atoms with Crippen LogP contribution in [-0.4, -0.2) is 48.9 Å². The van der Waals surface area contributed by atoms with Gasteiger partial charge in [0.1, 0.15) is 11.9 Å². The Morgan fingerprint density at radius 2 is 1.96 bits per heavy atom. The number of benzene rings is 1. The van der Waals surface area contributed by atoms with Gasteiger partial charge in [-0.25, -0.2) is 0 Å². The Hall–Kier alpha value is -2.05. The monoisotopic (exact) mass is 340 g/mol. The van der Waals surface area contributed by atoms with E-state index in [1.165, 1.54) is 0 Å². The second kappa shape index (κ2) is 6.83. The van der Waals surface area contributed by atoms with Gasteiger partial charge in [-0.2, -0.15) is 13.2 Å². The molecule has 3 rings (SSSR count). The molecule has 24 heavy (non-hydrogen) atoms. The quantitative estimate of drug-likeness (QED) is 0.831. The van der Waals surface area contributed by atoms with Crippen LogP contribution in [0.4, 0.5) is 13.2 Å². The van der Waals surface area contributed by atoms with E-state index in [4.69, 9.17) is 4.74 Å². The van der Waals surface area contributed by atoms with Crippen LogP contribution in [-0.2, 0) is 17.6 Å². The Labute approximate surface area is 138 Å². The fourth-order valence-electron chi connectivity index (χ4n) is 3.08. The maximum absolute atomic E-state index is 12.6. The molecular weight excluding hydrogens is 321 g/mol. The summed E-state index contributed by atoms with van der Waals surface area (Å²) in [5.74, 6) is -1.03. The van der Waals surface area contributed by atoms with Crippen molar-refractivity contribution in [3.05, 3.63) is 29.3 Å². The van der Waals surface area contributed by atoms with Crippen LogP contribution in [0.15, 0.2) is 23.2 Å². The van der Waals surface area contributed by atoms with Gasteiger partial charge in [-0.15, -0.1) is 0 Å². The van der Waals surface area contributed by atoms with E-state index >= 15 is 0 Å². The van der Waals surface area contributed by atoms with Gasteiger partial charge >= 0.3 is 12.1 Å². The van der Waals surface area contributed by atoms with Crippen LogP contribution in [0.5, 0.6) is 5.75 Å². The number of fused-ring (bicyclic) bond motifs is 1. The molecule has 0 spiro atoms. The van der Waals surface area contributed by atoms with Crippen LogP contribution >= 0.6 is 0 Å². The lowest BCUT2D eigenvalue weighted by atomic mass is 10.0. The molecule has 0 aliphatic carbocycles. The molecule has 1 amide bonds. The van der Waals surface area contributed by atoms with E-state index < -0.39 is 12.1 Å². The van der Waals surface area contributed by atoms with E-state index in [1.54, 1.807) is 0 Å². The zero-order valence-electron chi connectivity index (χ0n) is 13.2. The summed E-state index contributed by atoms with van der Waals surface area (Å²) in [6, 6.07) is 5.64. The van der Waals surface area contributed by atoms with E-state index in [2.05, 4.69) is 4.99 Å². The lowest BCUT2D eigenvalue weighted by Gasteiger charge is -2.21. The molecule has 1 atom stereocenters. The molecule has 2 aliphatic rings. The summed E-state index contributed by atoms with van der Waals surface area (Å²) in [6.07, 6.45) is -0.402. The lowest BCUT2D eigenvalue weighted by molar-refractivity contribution is -0.185. The van der Waals surface area contributed by atoms with E-state index in [0.717, 1.165) is 41.2 Å². The van der Waals surface area contributed by atoms with Crippen LogP contribution in [0, 0.1) is 0 Å². The first-order valence-corrected chi connectivity index (χ1v) is 8.06. The third kappa shape index (κ3) is 3.88. The summed E-state index contributed by atoms with van der Waals surface area (Å²) in [5.41, 5.74) is 1.93. The number of hydrogen-bond donors (Lipinski definition) is 0. The SMILES string of the molecule is O=C(N1CCc2ccc(OC3CC=NCC3)cc2CC1)C(F)(F)F. The summed E-state index contributed by atoms with van der Waals surface area (Å²) in [4.78, 5) is 16.5. The second-order valence-corrected chi connectivity index (χ2v) is 6.07. The Balaban J connectivity index is 1.68. The first kappa shape index (κ1) is 16.8. The number of amides is 1. The van der Waals surface area contributed by atoms with Crippen LogP contribution in [0.25, 0.3) is 0 Å². The normalized spacial score (nSPS) is 21.1. The molecule has 0 aromatic heterocycles. The molecule has 130 valence electrons. The molecule has 1 aromatic carbocycles. The van der Waals surface area contributed by atoms with Crippen molar-refractivity contribution >= 4 is 12.1 Å². The molecule has 2 aliphatic heterocycles. The Bertz CT molecular complexity index is 643. The first-order valence-electron chi connectivity index (χ1n) is 8.06.